The van der Waals surface area contributed by atoms with Crippen LogP contribution < -0.4 is 21.2 Å². The molecule has 0 saturated carbocycles. The van der Waals surface area contributed by atoms with Crippen molar-refractivity contribution in [3.8, 4) is 22.9 Å². The van der Waals surface area contributed by atoms with Crippen LogP contribution >= 0.6 is 0 Å². The summed E-state index contributed by atoms with van der Waals surface area (Å²) >= 11 is 0. The van der Waals surface area contributed by atoms with Gasteiger partial charge in [0.25, 0.3) is 11.8 Å². The number of hydrogen-bond donors (Lipinski definition) is 3. The van der Waals surface area contributed by atoms with Crippen molar-refractivity contribution in [2.45, 2.75) is 20.0 Å². The van der Waals surface area contributed by atoms with Crippen molar-refractivity contribution < 1.29 is 36.3 Å². The molecule has 0 spiro atoms. The quantitative estimate of drug-likeness (QED) is 0.217. The number of carbonyl (C=O) groups is 2. The zero-order valence-corrected chi connectivity index (χ0v) is 22.6. The van der Waals surface area contributed by atoms with Crippen LogP contribution in [0.1, 0.15) is 37.7 Å². The van der Waals surface area contributed by atoms with E-state index in [0.717, 1.165) is 25.1 Å². The number of pyridine rings is 4. The van der Waals surface area contributed by atoms with Crippen LogP contribution in [0.4, 0.5) is 27.6 Å². The number of halogens is 5. The molecule has 5 rings (SSSR count). The number of fused-ring (bicyclic) bond motifs is 1. The van der Waals surface area contributed by atoms with Gasteiger partial charge in [-0.1, -0.05) is 0 Å². The third kappa shape index (κ3) is 5.54. The van der Waals surface area contributed by atoms with Gasteiger partial charge in [-0.3, -0.25) is 24.4 Å². The second-order valence-corrected chi connectivity index (χ2v) is 9.44. The number of aromatic nitrogens is 4. The Labute approximate surface area is 243 Å². The van der Waals surface area contributed by atoms with Crippen molar-refractivity contribution in [1.29, 1.82) is 0 Å². The van der Waals surface area contributed by atoms with Crippen LogP contribution in [0, 0.1) is 25.5 Å². The minimum Gasteiger partial charge on any atom is -0.438 e. The number of alkyl halides is 3. The first-order valence-corrected chi connectivity index (χ1v) is 12.5. The molecule has 0 radical (unpaired) electrons. The predicted octanol–water partition coefficient (Wildman–Crippen LogP) is 5.44. The highest BCUT2D eigenvalue weighted by atomic mass is 19.4. The molecule has 0 aliphatic heterocycles. The highest BCUT2D eigenvalue weighted by Gasteiger charge is 2.35. The molecule has 0 unspecified atom stereocenters. The SMILES string of the molecule is Cc1c(Oc2ncc(C(F)(F)F)c(C)c2-c2cc(=O)c3c(C(=O)Nc4ccnc(C(N)=O)c4)nccc3[nH]2)ccc(F)c1F. The molecule has 44 heavy (non-hydrogen) atoms. The standard InChI is InChI=1S/C29H19F5N6O4/c1-12-15(29(32,33)34)11-38-28(44-21-4-3-16(30)24(31)13(21)2)22(12)18-10-20(41)23-17(40-18)6-8-37-25(23)27(43)39-14-5-7-36-19(9-14)26(35)42/h3-11H,1-2H3,(H2,35,42)(H,40,41)(H,36,39,43). The molecule has 4 N–H and O–H groups in total. The summed E-state index contributed by atoms with van der Waals surface area (Å²) in [5.41, 5.74) is 1.87. The number of benzene rings is 1. The van der Waals surface area contributed by atoms with Gasteiger partial charge in [-0.25, -0.2) is 13.8 Å². The van der Waals surface area contributed by atoms with Crippen molar-refractivity contribution >= 4 is 28.4 Å². The van der Waals surface area contributed by atoms with Crippen molar-refractivity contribution in [3.05, 3.63) is 105 Å². The molecule has 0 fully saturated rings. The van der Waals surface area contributed by atoms with E-state index in [-0.39, 0.29) is 56.1 Å². The van der Waals surface area contributed by atoms with E-state index in [1.54, 1.807) is 0 Å². The number of anilines is 1. The number of nitrogens with zero attached hydrogens (tertiary/aromatic N) is 3. The Bertz CT molecular complexity index is 2040. The normalized spacial score (nSPS) is 11.4. The summed E-state index contributed by atoms with van der Waals surface area (Å²) in [6.45, 7) is 2.34. The van der Waals surface area contributed by atoms with Crippen molar-refractivity contribution in [3.63, 3.8) is 0 Å². The van der Waals surface area contributed by atoms with Crippen LogP contribution in [-0.4, -0.2) is 31.8 Å². The molecule has 0 aliphatic carbocycles. The van der Waals surface area contributed by atoms with E-state index in [1.165, 1.54) is 37.5 Å². The lowest BCUT2D eigenvalue weighted by Crippen LogP contribution is -2.19. The maximum atomic E-state index is 14.2. The summed E-state index contributed by atoms with van der Waals surface area (Å²) in [6.07, 6.45) is -1.89. The van der Waals surface area contributed by atoms with E-state index < -0.39 is 46.5 Å². The summed E-state index contributed by atoms with van der Waals surface area (Å²) < 4.78 is 75.1. The number of amides is 2. The Morgan fingerprint density at radius 2 is 1.70 bits per heavy atom. The Balaban J connectivity index is 1.64. The molecule has 10 nitrogen and oxygen atoms in total. The van der Waals surface area contributed by atoms with Crippen LogP contribution in [0.3, 0.4) is 0 Å². The first-order chi connectivity index (χ1) is 20.8. The Morgan fingerprint density at radius 1 is 0.977 bits per heavy atom. The number of aromatic amines is 1. The van der Waals surface area contributed by atoms with Gasteiger partial charge < -0.3 is 20.8 Å². The summed E-state index contributed by atoms with van der Waals surface area (Å²) in [5, 5.41) is 2.29. The predicted molar refractivity (Wildman–Crippen MR) is 147 cm³/mol. The molecule has 4 aromatic heterocycles. The summed E-state index contributed by atoms with van der Waals surface area (Å²) in [7, 11) is 0. The van der Waals surface area contributed by atoms with Gasteiger partial charge in [-0.05, 0) is 49.7 Å². The number of hydrogen-bond acceptors (Lipinski definition) is 7. The van der Waals surface area contributed by atoms with E-state index in [2.05, 4.69) is 25.3 Å². The molecule has 0 saturated heterocycles. The van der Waals surface area contributed by atoms with Gasteiger partial charge in [0, 0.05) is 35.9 Å². The van der Waals surface area contributed by atoms with E-state index in [0.29, 0.717) is 6.20 Å². The number of ether oxygens (including phenoxy) is 1. The first-order valence-electron chi connectivity index (χ1n) is 12.5. The number of H-pyrrole nitrogens is 1. The first kappa shape index (κ1) is 29.8. The van der Waals surface area contributed by atoms with Crippen molar-refractivity contribution in [1.82, 2.24) is 19.9 Å². The van der Waals surface area contributed by atoms with E-state index in [9.17, 15) is 36.3 Å². The number of rotatable bonds is 6. The maximum absolute atomic E-state index is 14.2. The second-order valence-electron chi connectivity index (χ2n) is 9.44. The largest absolute Gasteiger partial charge is 0.438 e. The van der Waals surface area contributed by atoms with Crippen LogP contribution in [0.15, 0.2) is 59.8 Å². The molecule has 2 amide bonds. The number of nitrogens with two attached hydrogens (primary N) is 1. The van der Waals surface area contributed by atoms with Gasteiger partial charge in [0.05, 0.1) is 27.7 Å². The Hall–Kier alpha value is -5.73. The third-order valence-corrected chi connectivity index (χ3v) is 6.60. The third-order valence-electron chi connectivity index (χ3n) is 6.60. The zero-order chi connectivity index (χ0) is 31.9. The smallest absolute Gasteiger partial charge is 0.418 e. The van der Waals surface area contributed by atoms with Gasteiger partial charge in [0.2, 0.25) is 5.88 Å². The highest BCUT2D eigenvalue weighted by molar-refractivity contribution is 6.11. The molecule has 4 heterocycles. The van der Waals surface area contributed by atoms with Gasteiger partial charge in [-0.15, -0.1) is 0 Å². The lowest BCUT2D eigenvalue weighted by Gasteiger charge is -2.18. The number of primary amides is 1. The molecule has 15 heteroatoms. The molecule has 0 aliphatic rings. The summed E-state index contributed by atoms with van der Waals surface area (Å²) in [5.74, 6) is -4.71. The van der Waals surface area contributed by atoms with Gasteiger partial charge in [0.15, 0.2) is 17.1 Å². The lowest BCUT2D eigenvalue weighted by molar-refractivity contribution is -0.138. The molecule has 0 bridgehead atoms. The molecule has 224 valence electrons. The van der Waals surface area contributed by atoms with E-state index in [4.69, 9.17) is 10.5 Å². The molecule has 0 atom stereocenters. The van der Waals surface area contributed by atoms with Crippen LogP contribution in [0.2, 0.25) is 0 Å². The monoisotopic (exact) mass is 610 g/mol. The summed E-state index contributed by atoms with van der Waals surface area (Å²) in [6, 6.07) is 6.72. The van der Waals surface area contributed by atoms with Crippen LogP contribution in [-0.2, 0) is 6.18 Å². The molecule has 5 aromatic rings. The highest BCUT2D eigenvalue weighted by Crippen LogP contribution is 2.41. The number of carbonyl (C=O) groups excluding carboxylic acids is 2. The topological polar surface area (TPSA) is 153 Å². The zero-order valence-electron chi connectivity index (χ0n) is 22.6. The van der Waals surface area contributed by atoms with Crippen LogP contribution in [0.25, 0.3) is 22.2 Å². The minimum atomic E-state index is -4.84. The van der Waals surface area contributed by atoms with Gasteiger partial charge >= 0.3 is 6.18 Å². The minimum absolute atomic E-state index is 0.0203. The lowest BCUT2D eigenvalue weighted by atomic mass is 10.0. The Morgan fingerprint density at radius 3 is 2.41 bits per heavy atom. The van der Waals surface area contributed by atoms with Crippen molar-refractivity contribution in [2.75, 3.05) is 5.32 Å². The fourth-order valence-corrected chi connectivity index (χ4v) is 4.45. The van der Waals surface area contributed by atoms with E-state index in [1.807, 2.05) is 0 Å². The van der Waals surface area contributed by atoms with Gasteiger partial charge in [-0.2, -0.15) is 13.2 Å². The number of nitrogens with one attached hydrogen (secondary N) is 2. The fraction of sp³-hybridized carbons (Fsp3) is 0.103. The summed E-state index contributed by atoms with van der Waals surface area (Å²) in [4.78, 5) is 52.3. The molecular weight excluding hydrogens is 591 g/mol. The Kier molecular flexibility index (Phi) is 7.55. The maximum Gasteiger partial charge on any atom is 0.418 e. The van der Waals surface area contributed by atoms with Gasteiger partial charge in [0.1, 0.15) is 17.1 Å². The molecular formula is C29H19F5N6O4. The van der Waals surface area contributed by atoms with E-state index >= 15 is 0 Å². The van der Waals surface area contributed by atoms with Crippen molar-refractivity contribution in [2.24, 2.45) is 5.73 Å². The second kappa shape index (κ2) is 11.2. The molecule has 1 aromatic carbocycles. The average Bonchev–Trinajstić information content (AvgIpc) is 2.96. The van der Waals surface area contributed by atoms with Crippen LogP contribution in [0.5, 0.6) is 11.6 Å². The average molecular weight is 610 g/mol. The fourth-order valence-electron chi connectivity index (χ4n) is 4.45.